The summed E-state index contributed by atoms with van der Waals surface area (Å²) in [4.78, 5) is 0. The standard InChI is InChI=1S/Ag.Al.FH.Na.4H/h;;1H;;;;;. The third kappa shape index (κ3) is 8.88. The Hall–Kier alpha value is 2.20. The molecule has 4 heavy (non-hydrogen) atoms. The summed E-state index contributed by atoms with van der Waals surface area (Å²) < 4.78 is 0. The van der Waals surface area contributed by atoms with Gasteiger partial charge in [-0.2, -0.15) is 0 Å². The van der Waals surface area contributed by atoms with Gasteiger partial charge in [-0.15, -0.1) is 0 Å². The van der Waals surface area contributed by atoms with Crippen LogP contribution in [-0.4, -0.2) is 46.9 Å². The van der Waals surface area contributed by atoms with Crippen molar-refractivity contribution in [3.05, 3.63) is 0 Å². The van der Waals surface area contributed by atoms with Crippen LogP contribution in [0.25, 0.3) is 0 Å². The molecule has 0 aromatic carbocycles. The Kier molecular flexibility index (Phi) is 164. The second-order valence-corrected chi connectivity index (χ2v) is 0. The van der Waals surface area contributed by atoms with E-state index >= 15 is 0 Å². The zero-order valence-electron chi connectivity index (χ0n) is 0.710. The number of rotatable bonds is 0. The summed E-state index contributed by atoms with van der Waals surface area (Å²) in [5.41, 5.74) is 0. The van der Waals surface area contributed by atoms with E-state index in [9.17, 15) is 0 Å². The quantitative estimate of drug-likeness (QED) is 0.392. The third-order valence-electron chi connectivity index (χ3n) is 0. The van der Waals surface area contributed by atoms with E-state index in [0.29, 0.717) is 0 Å². The molecule has 0 aliphatic heterocycles. The van der Waals surface area contributed by atoms with Crippen LogP contribution in [0, 0.1) is 0 Å². The van der Waals surface area contributed by atoms with E-state index in [2.05, 4.69) is 0 Å². The molecule has 0 N–H and O–H groups in total. The van der Waals surface area contributed by atoms with Gasteiger partial charge in [0.15, 0.2) is 17.4 Å². The first-order chi connectivity index (χ1) is 0. The van der Waals surface area contributed by atoms with Gasteiger partial charge < -0.3 is 0 Å². The van der Waals surface area contributed by atoms with E-state index in [1.54, 1.807) is 0 Å². The normalized spacial score (nSPS) is 0. The molecule has 1 radical (unpaired) electrons. The molecule has 0 rings (SSSR count). The van der Waals surface area contributed by atoms with Crippen LogP contribution in [0.5, 0.6) is 0 Å². The Morgan fingerprint density at radius 3 is 1.00 bits per heavy atom. The van der Waals surface area contributed by atoms with Gasteiger partial charge in [0.1, 0.15) is 0 Å². The summed E-state index contributed by atoms with van der Waals surface area (Å²) >= 11 is 0. The zero-order valence-corrected chi connectivity index (χ0v) is 2.19. The van der Waals surface area contributed by atoms with Gasteiger partial charge in [0.05, 0.1) is 0 Å². The average molecular weight is 182 g/mol. The fourth-order valence-corrected chi connectivity index (χ4v) is 0. The molecule has 0 bridgehead atoms. The average Bonchev–Trinajstić information content (AvgIpc) is 0. The molecule has 4 heteroatoms. The van der Waals surface area contributed by atoms with Gasteiger partial charge in [-0.25, -0.2) is 0 Å². The number of hydrogen-bond acceptors (Lipinski definition) is 0. The summed E-state index contributed by atoms with van der Waals surface area (Å²) in [7, 11) is 0. The molecule has 0 unspecified atom stereocenters. The molecule has 0 atom stereocenters. The van der Waals surface area contributed by atoms with Crippen molar-refractivity contribution in [2.45, 2.75) is 0 Å². The molecule has 0 heterocycles. The van der Waals surface area contributed by atoms with Crippen LogP contribution in [0.2, 0.25) is 0 Å². The van der Waals surface area contributed by atoms with Gasteiger partial charge in [-0.05, 0) is 0 Å². The topological polar surface area (TPSA) is 0 Å². The molecule has 0 spiro atoms. The van der Waals surface area contributed by atoms with Crippen LogP contribution in [0.1, 0.15) is 0 Å². The first-order valence-corrected chi connectivity index (χ1v) is 0. The number of halogens is 1. The summed E-state index contributed by atoms with van der Waals surface area (Å²) in [6.07, 6.45) is 0. The molecule has 0 aromatic heterocycles. The predicted octanol–water partition coefficient (Wildman–Crippen LogP) is -1.68. The van der Waals surface area contributed by atoms with Gasteiger partial charge in [0.25, 0.3) is 0 Å². The first-order valence-electron chi connectivity index (χ1n) is 0. The summed E-state index contributed by atoms with van der Waals surface area (Å²) in [6.45, 7) is 0. The van der Waals surface area contributed by atoms with Crippen molar-refractivity contribution in [1.82, 2.24) is 0 Å². The SMILES string of the molecule is F.[Ag].[AlH3].[NaH]. The van der Waals surface area contributed by atoms with Crippen LogP contribution in [-0.2, 0) is 22.4 Å². The predicted molar refractivity (Wildman–Crippen MR) is 19.6 cm³/mol. The van der Waals surface area contributed by atoms with E-state index in [1.165, 1.54) is 0 Å². The molecular formula is H5AgAlFNa. The van der Waals surface area contributed by atoms with Crippen LogP contribution in [0.3, 0.4) is 0 Å². The van der Waals surface area contributed by atoms with Crippen LogP contribution in [0.15, 0.2) is 0 Å². The molecule has 0 amide bonds. The van der Waals surface area contributed by atoms with Crippen molar-refractivity contribution in [1.29, 1.82) is 0 Å². The van der Waals surface area contributed by atoms with Crippen molar-refractivity contribution < 1.29 is 27.1 Å². The van der Waals surface area contributed by atoms with Gasteiger partial charge >= 0.3 is 29.6 Å². The molecule has 0 nitrogen and oxygen atoms in total. The monoisotopic (exact) mass is 181 g/mol. The van der Waals surface area contributed by atoms with Gasteiger partial charge in [-0.3, -0.25) is 4.70 Å². The Balaban J connectivity index is 0. The Bertz CT molecular complexity index is 8.00. The molecular weight excluding hydrogens is 177 g/mol. The van der Waals surface area contributed by atoms with Crippen molar-refractivity contribution >= 4 is 46.9 Å². The third-order valence-corrected chi connectivity index (χ3v) is 0. The summed E-state index contributed by atoms with van der Waals surface area (Å²) in [5, 5.41) is 0. The Morgan fingerprint density at radius 1 is 1.00 bits per heavy atom. The second-order valence-electron chi connectivity index (χ2n) is 0. The van der Waals surface area contributed by atoms with Gasteiger partial charge in [0, 0.05) is 22.4 Å². The fourth-order valence-electron chi connectivity index (χ4n) is 0. The summed E-state index contributed by atoms with van der Waals surface area (Å²) in [5.74, 6) is 0. The van der Waals surface area contributed by atoms with E-state index in [1.807, 2.05) is 0 Å². The maximum absolute atomic E-state index is 0. The maximum atomic E-state index is 0. The fraction of sp³-hybridized carbons (Fsp3) is 0. The minimum atomic E-state index is 0. The van der Waals surface area contributed by atoms with Crippen molar-refractivity contribution in [3.8, 4) is 0 Å². The molecule has 0 aliphatic rings. The summed E-state index contributed by atoms with van der Waals surface area (Å²) in [6, 6.07) is 0. The van der Waals surface area contributed by atoms with E-state index in [4.69, 9.17) is 0 Å². The van der Waals surface area contributed by atoms with E-state index < -0.39 is 0 Å². The molecule has 27 valence electrons. The molecule has 0 aromatic rings. The van der Waals surface area contributed by atoms with Crippen molar-refractivity contribution in [3.63, 3.8) is 0 Å². The van der Waals surface area contributed by atoms with Gasteiger partial charge in [-0.1, -0.05) is 0 Å². The second kappa shape index (κ2) is 18.9. The van der Waals surface area contributed by atoms with Crippen LogP contribution >= 0.6 is 0 Å². The van der Waals surface area contributed by atoms with E-state index in [0.717, 1.165) is 0 Å². The Labute approximate surface area is 73.0 Å². The Morgan fingerprint density at radius 2 is 1.00 bits per heavy atom. The van der Waals surface area contributed by atoms with Crippen LogP contribution in [0.4, 0.5) is 4.70 Å². The van der Waals surface area contributed by atoms with Crippen molar-refractivity contribution in [2.24, 2.45) is 0 Å². The molecule has 0 saturated carbocycles. The molecule has 0 fully saturated rings. The molecule has 0 saturated heterocycles. The van der Waals surface area contributed by atoms with E-state index in [-0.39, 0.29) is 74.0 Å². The number of hydrogen-bond donors (Lipinski definition) is 0. The first kappa shape index (κ1) is 34.6. The zero-order chi connectivity index (χ0) is 0. The minimum absolute atomic E-state index is 0. The molecule has 0 aliphatic carbocycles. The van der Waals surface area contributed by atoms with Gasteiger partial charge in [0.2, 0.25) is 0 Å². The van der Waals surface area contributed by atoms with Crippen LogP contribution < -0.4 is 0 Å². The van der Waals surface area contributed by atoms with Crippen molar-refractivity contribution in [2.75, 3.05) is 0 Å².